The molecule has 4 rings (SSSR count). The molecule has 1 unspecified atom stereocenters. The van der Waals surface area contributed by atoms with Gasteiger partial charge in [-0.1, -0.05) is 17.7 Å². The molecule has 1 aliphatic carbocycles. The molecule has 3 amide bonds. The van der Waals surface area contributed by atoms with Crippen molar-refractivity contribution in [1.82, 2.24) is 0 Å². The van der Waals surface area contributed by atoms with E-state index >= 15 is 4.39 Å². The third-order valence-corrected chi connectivity index (χ3v) is 8.28. The van der Waals surface area contributed by atoms with Crippen LogP contribution in [0, 0.1) is 23.4 Å². The van der Waals surface area contributed by atoms with Crippen molar-refractivity contribution in [3.8, 4) is 0 Å². The van der Waals surface area contributed by atoms with Crippen LogP contribution in [0.1, 0.15) is 41.3 Å². The van der Waals surface area contributed by atoms with Crippen molar-refractivity contribution in [2.45, 2.75) is 42.3 Å². The lowest BCUT2D eigenvalue weighted by Gasteiger charge is -2.17. The number of alkyl halides is 7. The maximum atomic E-state index is 15.2. The number of hydrogen-bond acceptors (Lipinski definition) is 4. The van der Waals surface area contributed by atoms with Gasteiger partial charge in [-0.05, 0) is 55.0 Å². The number of halogens is 11. The van der Waals surface area contributed by atoms with Crippen molar-refractivity contribution in [2.24, 2.45) is 5.92 Å². The summed E-state index contributed by atoms with van der Waals surface area (Å²) in [5, 5.41) is 6.23. The fourth-order valence-electron chi connectivity index (χ4n) is 4.54. The van der Waals surface area contributed by atoms with Gasteiger partial charge in [-0.2, -0.15) is 13.2 Å². The highest BCUT2D eigenvalue weighted by molar-refractivity contribution is 6.53. The van der Waals surface area contributed by atoms with E-state index < -0.39 is 93.1 Å². The normalized spacial score (nSPS) is 17.8. The predicted molar refractivity (Wildman–Crippen MR) is 161 cm³/mol. The Morgan fingerprint density at radius 1 is 0.917 bits per heavy atom. The minimum atomic E-state index is -5.02. The van der Waals surface area contributed by atoms with Gasteiger partial charge >= 0.3 is 6.18 Å². The third-order valence-electron chi connectivity index (χ3n) is 7.01. The van der Waals surface area contributed by atoms with Gasteiger partial charge < -0.3 is 20.7 Å². The number of carbonyl (C=O) groups is 3. The molecule has 0 spiro atoms. The summed E-state index contributed by atoms with van der Waals surface area (Å²) in [5.41, 5.74) is -3.78. The van der Waals surface area contributed by atoms with Crippen molar-refractivity contribution in [3.63, 3.8) is 0 Å². The van der Waals surface area contributed by atoms with Crippen LogP contribution < -0.4 is 16.0 Å². The van der Waals surface area contributed by atoms with Gasteiger partial charge in [0.1, 0.15) is 34.4 Å². The predicted octanol–water partition coefficient (Wildman–Crippen LogP) is 8.55. The molecular weight excluding hydrogens is 725 g/mol. The first-order chi connectivity index (χ1) is 22.1. The van der Waals surface area contributed by atoms with E-state index in [1.165, 1.54) is 12.1 Å². The van der Waals surface area contributed by atoms with E-state index in [1.807, 2.05) is 5.32 Å². The third kappa shape index (κ3) is 8.31. The minimum Gasteiger partial charge on any atom is -0.362 e. The molecule has 1 saturated carbocycles. The van der Waals surface area contributed by atoms with Crippen LogP contribution in [0.4, 0.5) is 52.2 Å². The van der Waals surface area contributed by atoms with E-state index in [-0.39, 0.29) is 21.8 Å². The van der Waals surface area contributed by atoms with Crippen LogP contribution in [0.25, 0.3) is 0 Å². The second kappa shape index (κ2) is 13.7. The van der Waals surface area contributed by atoms with Gasteiger partial charge in [-0.15, -0.1) is 23.2 Å². The smallest absolute Gasteiger partial charge is 0.362 e. The van der Waals surface area contributed by atoms with Crippen molar-refractivity contribution in [1.29, 1.82) is 0 Å². The Morgan fingerprint density at radius 2 is 1.56 bits per heavy atom. The first-order valence-electron chi connectivity index (χ1n) is 13.6. The second-order valence-corrected chi connectivity index (χ2v) is 12.7. The number of rotatable bonds is 10. The summed E-state index contributed by atoms with van der Waals surface area (Å²) in [6.45, 7) is 0.479. The molecule has 0 aromatic heterocycles. The Bertz CT molecular complexity index is 1770. The number of hydrogen-bond donors (Lipinski definition) is 3. The summed E-state index contributed by atoms with van der Waals surface area (Å²) in [5.74, 6) is -13.1. The van der Waals surface area contributed by atoms with E-state index in [1.54, 1.807) is 0 Å². The van der Waals surface area contributed by atoms with Gasteiger partial charge in [0, 0.05) is 18.5 Å². The molecule has 0 aliphatic heterocycles. The van der Waals surface area contributed by atoms with Crippen molar-refractivity contribution in [2.75, 3.05) is 22.6 Å². The highest BCUT2D eigenvalue weighted by Crippen LogP contribution is 2.65. The van der Waals surface area contributed by atoms with Gasteiger partial charge in [0.2, 0.25) is 5.91 Å². The maximum Gasteiger partial charge on any atom is 0.419 e. The zero-order valence-electron chi connectivity index (χ0n) is 24.3. The Morgan fingerprint density at radius 3 is 2.19 bits per heavy atom. The molecule has 3 aromatic rings. The molecule has 3 atom stereocenters. The van der Waals surface area contributed by atoms with Crippen LogP contribution in [-0.4, -0.2) is 40.7 Å². The monoisotopic (exact) mass is 745 g/mol. The second-order valence-electron chi connectivity index (χ2n) is 10.8. The molecule has 1 aliphatic rings. The molecule has 0 radical (unpaired) electrons. The van der Waals surface area contributed by atoms with Gasteiger partial charge in [-0.3, -0.25) is 14.4 Å². The number of ether oxygens (including phenoxy) is 1. The molecule has 0 heterocycles. The van der Waals surface area contributed by atoms with E-state index in [2.05, 4.69) is 10.6 Å². The lowest BCUT2D eigenvalue weighted by atomic mass is 10.0. The molecule has 0 bridgehead atoms. The SMILES string of the molecule is CC(OCC(C)(F)F)C(=O)Nc1c(F)ccc(NC(=O)c2cc(NC(=O)[C@H]3[C@H](c4ccc(F)c(C(F)(F)F)c4)C3(Cl)Cl)ccc2Cl)c1F. The fourth-order valence-corrected chi connectivity index (χ4v) is 5.57. The molecule has 0 saturated heterocycles. The summed E-state index contributed by atoms with van der Waals surface area (Å²) >= 11 is 18.6. The summed E-state index contributed by atoms with van der Waals surface area (Å²) in [7, 11) is 0. The van der Waals surface area contributed by atoms with Gasteiger partial charge in [0.25, 0.3) is 17.7 Å². The summed E-state index contributed by atoms with van der Waals surface area (Å²) in [6.07, 6.45) is -6.56. The van der Waals surface area contributed by atoms with Gasteiger partial charge in [0.05, 0.1) is 27.8 Å². The molecule has 3 N–H and O–H groups in total. The van der Waals surface area contributed by atoms with Crippen LogP contribution in [-0.2, 0) is 20.5 Å². The molecule has 7 nitrogen and oxygen atoms in total. The highest BCUT2D eigenvalue weighted by atomic mass is 35.5. The van der Waals surface area contributed by atoms with Crippen molar-refractivity contribution >= 4 is 69.6 Å². The van der Waals surface area contributed by atoms with E-state index in [0.29, 0.717) is 25.1 Å². The number of carbonyl (C=O) groups excluding carboxylic acids is 3. The Balaban J connectivity index is 1.49. The van der Waals surface area contributed by atoms with Crippen LogP contribution in [0.2, 0.25) is 5.02 Å². The number of anilines is 3. The van der Waals surface area contributed by atoms with Crippen LogP contribution in [0.15, 0.2) is 48.5 Å². The maximum absolute atomic E-state index is 15.2. The topological polar surface area (TPSA) is 96.5 Å². The summed E-state index contributed by atoms with van der Waals surface area (Å²) in [6, 6.07) is 7.11. The molecule has 48 heavy (non-hydrogen) atoms. The van der Waals surface area contributed by atoms with E-state index in [0.717, 1.165) is 25.1 Å². The van der Waals surface area contributed by atoms with Crippen LogP contribution in [0.5, 0.6) is 0 Å². The average molecular weight is 747 g/mol. The zero-order valence-corrected chi connectivity index (χ0v) is 26.6. The summed E-state index contributed by atoms with van der Waals surface area (Å²) < 4.78 is 112. The number of nitrogens with one attached hydrogen (secondary N) is 3. The summed E-state index contributed by atoms with van der Waals surface area (Å²) in [4.78, 5) is 38.4. The highest BCUT2D eigenvalue weighted by Gasteiger charge is 2.67. The molecule has 1 fully saturated rings. The standard InChI is InChI=1S/C30H22Cl3F8N3O4/c1-12(48-11-28(2,37)38)25(45)44-24-19(35)7-8-20(23(24)36)43-26(46)15-10-14(4-5-17(15)31)42-27(47)22-21(29(22,32)33)13-3-6-18(34)16(9-13)30(39,40)41/h3-10,12,21-22H,11H2,1-2H3,(H,42,47)(H,43,46)(H,44,45)/t12?,21-,22+/m0/s1. The number of benzene rings is 3. The largest absolute Gasteiger partial charge is 0.419 e. The van der Waals surface area contributed by atoms with Gasteiger partial charge in [0.15, 0.2) is 5.82 Å². The molecule has 3 aromatic carbocycles. The number of amides is 3. The van der Waals surface area contributed by atoms with Gasteiger partial charge in [-0.25, -0.2) is 22.0 Å². The average Bonchev–Trinajstić information content (AvgIpc) is 3.57. The Labute approximate surface area is 281 Å². The first-order valence-corrected chi connectivity index (χ1v) is 14.7. The molecule has 18 heteroatoms. The Kier molecular flexibility index (Phi) is 10.6. The van der Waals surface area contributed by atoms with Crippen molar-refractivity contribution < 1.29 is 54.2 Å². The van der Waals surface area contributed by atoms with Crippen LogP contribution in [0.3, 0.4) is 0 Å². The van der Waals surface area contributed by atoms with Crippen LogP contribution >= 0.6 is 34.8 Å². The molecular formula is C30H22Cl3F8N3O4. The fraction of sp³-hybridized carbons (Fsp3) is 0.300. The zero-order chi connectivity index (χ0) is 35.9. The Hall–Kier alpha value is -3.66. The van der Waals surface area contributed by atoms with E-state index in [9.17, 15) is 45.1 Å². The quantitative estimate of drug-likeness (QED) is 0.143. The van der Waals surface area contributed by atoms with Crippen molar-refractivity contribution in [3.05, 3.63) is 87.7 Å². The van der Waals surface area contributed by atoms with E-state index in [4.69, 9.17) is 39.5 Å². The molecule has 258 valence electrons. The first kappa shape index (κ1) is 37.2. The lowest BCUT2D eigenvalue weighted by molar-refractivity contribution is -0.140. The minimum absolute atomic E-state index is 0.0707. The lowest BCUT2D eigenvalue weighted by Crippen LogP contribution is -2.32.